The third-order valence-corrected chi connectivity index (χ3v) is 6.94. The molecule has 1 fully saturated rings. The summed E-state index contributed by atoms with van der Waals surface area (Å²) in [5.74, 6) is -0.368. The van der Waals surface area contributed by atoms with E-state index in [1.165, 1.54) is 16.8 Å². The first-order chi connectivity index (χ1) is 18.5. The van der Waals surface area contributed by atoms with Gasteiger partial charge in [0.1, 0.15) is 29.9 Å². The summed E-state index contributed by atoms with van der Waals surface area (Å²) in [7, 11) is 2.12. The monoisotopic (exact) mass is 512 g/mol. The zero-order valence-corrected chi connectivity index (χ0v) is 20.9. The van der Waals surface area contributed by atoms with Crippen LogP contribution in [0.1, 0.15) is 0 Å². The largest absolute Gasteiger partial charge is 0.374 e. The van der Waals surface area contributed by atoms with Crippen LogP contribution in [0.5, 0.6) is 0 Å². The third kappa shape index (κ3) is 4.62. The number of benzene rings is 2. The Morgan fingerprint density at radius 2 is 1.58 bits per heavy atom. The lowest BCUT2D eigenvalue weighted by Gasteiger charge is -2.33. The van der Waals surface area contributed by atoms with E-state index >= 15 is 0 Å². The van der Waals surface area contributed by atoms with E-state index in [1.54, 1.807) is 18.3 Å². The van der Waals surface area contributed by atoms with Crippen molar-refractivity contribution in [3.63, 3.8) is 0 Å². The summed E-state index contributed by atoms with van der Waals surface area (Å²) >= 11 is 0. The highest BCUT2D eigenvalue weighted by Crippen LogP contribution is 2.33. The van der Waals surface area contributed by atoms with Crippen LogP contribution < -0.4 is 4.90 Å². The van der Waals surface area contributed by atoms with Gasteiger partial charge in [-0.2, -0.15) is 5.10 Å². The molecule has 3 aromatic heterocycles. The number of halogens is 2. The molecule has 9 heteroatoms. The molecule has 1 aliphatic heterocycles. The number of rotatable bonds is 5. The lowest BCUT2D eigenvalue weighted by atomic mass is 10.0. The summed E-state index contributed by atoms with van der Waals surface area (Å²) < 4.78 is 29.3. The number of pyridine rings is 2. The standard InChI is InChI=1S/C29H26F2N6O/c1-35-9-11-36(12-10-35)28-16-20(7-8-32-28)25-3-2-4-26(33-25)29-24-15-19(5-6-27(24)37(18-38)34-29)21-13-22(30)17-23(31)14-21/h2-8,13-17,38H,9-12,18H2,1H3. The molecule has 0 radical (unpaired) electrons. The van der Waals surface area contributed by atoms with Crippen molar-refractivity contribution in [1.82, 2.24) is 24.6 Å². The minimum Gasteiger partial charge on any atom is -0.374 e. The maximum absolute atomic E-state index is 13.9. The highest BCUT2D eigenvalue weighted by molar-refractivity contribution is 5.95. The van der Waals surface area contributed by atoms with Crippen LogP contribution in [-0.2, 0) is 6.73 Å². The number of piperazine rings is 1. The topological polar surface area (TPSA) is 70.3 Å². The molecule has 0 spiro atoms. The molecule has 192 valence electrons. The highest BCUT2D eigenvalue weighted by atomic mass is 19.1. The van der Waals surface area contributed by atoms with Gasteiger partial charge in [0.2, 0.25) is 0 Å². The van der Waals surface area contributed by atoms with E-state index in [0.717, 1.165) is 54.7 Å². The summed E-state index contributed by atoms with van der Waals surface area (Å²) in [4.78, 5) is 14.1. The summed E-state index contributed by atoms with van der Waals surface area (Å²) in [6.07, 6.45) is 1.80. The van der Waals surface area contributed by atoms with Gasteiger partial charge in [-0.05, 0) is 66.7 Å². The number of hydrogen-bond acceptors (Lipinski definition) is 6. The smallest absolute Gasteiger partial charge is 0.136 e. The van der Waals surface area contributed by atoms with Crippen LogP contribution in [-0.4, -0.2) is 63.0 Å². The fourth-order valence-corrected chi connectivity index (χ4v) is 4.89. The number of hydrogen-bond donors (Lipinski definition) is 1. The van der Waals surface area contributed by atoms with Gasteiger partial charge >= 0.3 is 0 Å². The molecule has 1 N–H and O–H groups in total. The Morgan fingerprint density at radius 1 is 0.816 bits per heavy atom. The van der Waals surface area contributed by atoms with Crippen molar-refractivity contribution in [2.75, 3.05) is 38.1 Å². The second-order valence-electron chi connectivity index (χ2n) is 9.48. The summed E-state index contributed by atoms with van der Waals surface area (Å²) in [5, 5.41) is 15.3. The van der Waals surface area contributed by atoms with Gasteiger partial charge in [0.25, 0.3) is 0 Å². The van der Waals surface area contributed by atoms with Gasteiger partial charge in [0.05, 0.1) is 16.9 Å². The van der Waals surface area contributed by atoms with Crippen molar-refractivity contribution in [1.29, 1.82) is 0 Å². The molecule has 0 amide bonds. The maximum atomic E-state index is 13.9. The minimum atomic E-state index is -0.644. The average Bonchev–Trinajstić information content (AvgIpc) is 3.31. The molecule has 38 heavy (non-hydrogen) atoms. The van der Waals surface area contributed by atoms with Crippen molar-refractivity contribution < 1.29 is 13.9 Å². The lowest BCUT2D eigenvalue weighted by Crippen LogP contribution is -2.44. The molecule has 1 aliphatic rings. The Bertz CT molecular complexity index is 1610. The Kier molecular flexibility index (Phi) is 6.30. The van der Waals surface area contributed by atoms with Crippen molar-refractivity contribution in [3.8, 4) is 33.8 Å². The number of anilines is 1. The molecular formula is C29H26F2N6O. The number of likely N-dealkylation sites (N-methyl/N-ethyl adjacent to an activating group) is 1. The van der Waals surface area contributed by atoms with E-state index in [2.05, 4.69) is 33.0 Å². The fraction of sp³-hybridized carbons (Fsp3) is 0.207. The normalized spacial score (nSPS) is 14.4. The molecule has 5 aromatic rings. The van der Waals surface area contributed by atoms with Crippen molar-refractivity contribution in [3.05, 3.63) is 84.6 Å². The van der Waals surface area contributed by atoms with Gasteiger partial charge in [-0.3, -0.25) is 0 Å². The number of aliphatic hydroxyl groups is 1. The molecule has 0 aliphatic carbocycles. The Morgan fingerprint density at radius 3 is 2.34 bits per heavy atom. The first-order valence-electron chi connectivity index (χ1n) is 12.4. The van der Waals surface area contributed by atoms with Crippen LogP contribution in [0.2, 0.25) is 0 Å². The molecule has 0 saturated carbocycles. The van der Waals surface area contributed by atoms with Crippen LogP contribution in [0.4, 0.5) is 14.6 Å². The predicted molar refractivity (Wildman–Crippen MR) is 143 cm³/mol. The van der Waals surface area contributed by atoms with E-state index in [0.29, 0.717) is 28.0 Å². The number of aromatic nitrogens is 4. The number of aliphatic hydroxyl groups excluding tert-OH is 1. The van der Waals surface area contributed by atoms with Gasteiger partial charge in [0, 0.05) is 49.4 Å². The van der Waals surface area contributed by atoms with Gasteiger partial charge in [-0.15, -0.1) is 0 Å². The molecular weight excluding hydrogens is 486 g/mol. The van der Waals surface area contributed by atoms with Crippen molar-refractivity contribution in [2.24, 2.45) is 0 Å². The predicted octanol–water partition coefficient (Wildman–Crippen LogP) is 4.81. The molecule has 0 atom stereocenters. The van der Waals surface area contributed by atoms with Gasteiger partial charge in [-0.1, -0.05) is 12.1 Å². The third-order valence-electron chi connectivity index (χ3n) is 6.94. The number of fused-ring (bicyclic) bond motifs is 1. The molecule has 2 aromatic carbocycles. The molecule has 0 bridgehead atoms. The Balaban J connectivity index is 1.40. The second-order valence-corrected chi connectivity index (χ2v) is 9.48. The summed E-state index contributed by atoms with van der Waals surface area (Å²) in [6, 6.07) is 18.5. The van der Waals surface area contributed by atoms with Crippen LogP contribution >= 0.6 is 0 Å². The van der Waals surface area contributed by atoms with Gasteiger partial charge in [0.15, 0.2) is 0 Å². The number of nitrogens with zero attached hydrogens (tertiary/aromatic N) is 6. The second kappa shape index (κ2) is 9.92. The zero-order chi connectivity index (χ0) is 26.2. The summed E-state index contributed by atoms with van der Waals surface area (Å²) in [5.41, 5.74) is 4.66. The first-order valence-corrected chi connectivity index (χ1v) is 12.4. The lowest BCUT2D eigenvalue weighted by molar-refractivity contribution is 0.201. The van der Waals surface area contributed by atoms with Crippen LogP contribution in [0.15, 0.2) is 72.9 Å². The van der Waals surface area contributed by atoms with E-state index in [1.807, 2.05) is 30.3 Å². The maximum Gasteiger partial charge on any atom is 0.136 e. The highest BCUT2D eigenvalue weighted by Gasteiger charge is 2.18. The Hall–Kier alpha value is -4.21. The van der Waals surface area contributed by atoms with Gasteiger partial charge < -0.3 is 14.9 Å². The quantitative estimate of drug-likeness (QED) is 0.365. The molecule has 6 rings (SSSR count). The van der Waals surface area contributed by atoms with E-state index in [9.17, 15) is 13.9 Å². The minimum absolute atomic E-state index is 0.317. The van der Waals surface area contributed by atoms with Crippen LogP contribution in [0, 0.1) is 11.6 Å². The fourth-order valence-electron chi connectivity index (χ4n) is 4.89. The van der Waals surface area contributed by atoms with E-state index in [4.69, 9.17) is 4.98 Å². The molecule has 1 saturated heterocycles. The molecule has 0 unspecified atom stereocenters. The van der Waals surface area contributed by atoms with E-state index in [-0.39, 0.29) is 6.73 Å². The molecule has 4 heterocycles. The van der Waals surface area contributed by atoms with E-state index < -0.39 is 11.6 Å². The van der Waals surface area contributed by atoms with Gasteiger partial charge in [-0.25, -0.2) is 23.4 Å². The van der Waals surface area contributed by atoms with Crippen molar-refractivity contribution >= 4 is 16.7 Å². The van der Waals surface area contributed by atoms with Crippen molar-refractivity contribution in [2.45, 2.75) is 6.73 Å². The zero-order valence-electron chi connectivity index (χ0n) is 20.9. The average molecular weight is 513 g/mol. The first kappa shape index (κ1) is 24.1. The SMILES string of the molecule is CN1CCN(c2cc(-c3cccc(-c4nn(CO)c5ccc(-c6cc(F)cc(F)c6)cc45)n3)ccn2)CC1. The summed E-state index contributed by atoms with van der Waals surface area (Å²) in [6.45, 7) is 3.50. The van der Waals surface area contributed by atoms with Crippen LogP contribution in [0.25, 0.3) is 44.7 Å². The Labute approximate surface area is 218 Å². The molecule has 7 nitrogen and oxygen atoms in total. The van der Waals surface area contributed by atoms with Crippen LogP contribution in [0.3, 0.4) is 0 Å².